The van der Waals surface area contributed by atoms with E-state index in [1.807, 2.05) is 60.7 Å². The molecule has 0 saturated carbocycles. The number of rotatable bonds is 22. The number of nitrogens with zero attached hydrogens (tertiary/aromatic N) is 1. The highest BCUT2D eigenvalue weighted by molar-refractivity contribution is 6.65. The first-order valence-electron chi connectivity index (χ1n) is 16.0. The molecular formula is C32H45B3N9O7. The molecule has 3 rings (SSSR count). The van der Waals surface area contributed by atoms with E-state index in [4.69, 9.17) is 20.9 Å². The molecule has 0 bridgehead atoms. The zero-order valence-electron chi connectivity index (χ0n) is 28.4. The van der Waals surface area contributed by atoms with Gasteiger partial charge in [-0.3, -0.25) is 10.6 Å². The Hall–Kier alpha value is -5.07. The van der Waals surface area contributed by atoms with Crippen LogP contribution in [-0.4, -0.2) is 95.2 Å². The number of nitrogens with two attached hydrogens (primary N) is 2. The Labute approximate surface area is 300 Å². The first-order valence-corrected chi connectivity index (χ1v) is 16.0. The van der Waals surface area contributed by atoms with Crippen molar-refractivity contribution in [2.24, 2.45) is 11.5 Å². The van der Waals surface area contributed by atoms with Crippen molar-refractivity contribution in [1.29, 1.82) is 0 Å². The van der Waals surface area contributed by atoms with E-state index in [0.29, 0.717) is 44.1 Å². The second-order valence-electron chi connectivity index (χ2n) is 10.2. The maximum Gasteiger partial charge on any atom is 0.411 e. The van der Waals surface area contributed by atoms with Crippen LogP contribution in [0.4, 0.5) is 9.59 Å². The molecular weight excluding hydrogens is 655 g/mol. The summed E-state index contributed by atoms with van der Waals surface area (Å²) in [7, 11) is 3.98. The molecule has 10 N–H and O–H groups in total. The molecule has 0 saturated heterocycles. The highest BCUT2D eigenvalue weighted by Crippen LogP contribution is 2.03. The molecule has 269 valence electrons. The molecule has 2 amide bonds. The Morgan fingerprint density at radius 1 is 0.804 bits per heavy atom. The minimum atomic E-state index is -0.664. The number of benzene rings is 2. The van der Waals surface area contributed by atoms with Crippen LogP contribution in [-0.2, 0) is 43.5 Å². The molecule has 0 aliphatic heterocycles. The zero-order chi connectivity index (χ0) is 37.2. The maximum atomic E-state index is 12.1. The number of aromatic amines is 1. The zero-order valence-corrected chi connectivity index (χ0v) is 28.4. The molecule has 0 spiro atoms. The van der Waals surface area contributed by atoms with Crippen molar-refractivity contribution < 1.29 is 33.4 Å². The van der Waals surface area contributed by atoms with Gasteiger partial charge in [0.1, 0.15) is 13.2 Å². The van der Waals surface area contributed by atoms with Crippen LogP contribution in [0.2, 0.25) is 0 Å². The lowest BCUT2D eigenvalue weighted by Crippen LogP contribution is -2.34. The topological polar surface area (TPSA) is 245 Å². The maximum absolute atomic E-state index is 12.1. The van der Waals surface area contributed by atoms with Crippen LogP contribution in [0.15, 0.2) is 85.1 Å². The summed E-state index contributed by atoms with van der Waals surface area (Å²) in [6.07, 6.45) is 7.42. The van der Waals surface area contributed by atoms with Gasteiger partial charge < -0.3 is 56.0 Å². The fraction of sp³-hybridized carbons (Fsp3) is 0.312. The minimum Gasteiger partial charge on any atom is -0.444 e. The van der Waals surface area contributed by atoms with E-state index in [9.17, 15) is 24.0 Å². The van der Waals surface area contributed by atoms with E-state index in [-0.39, 0.29) is 19.3 Å². The van der Waals surface area contributed by atoms with Gasteiger partial charge in [0.15, 0.2) is 0 Å². The molecule has 16 nitrogen and oxygen atoms in total. The van der Waals surface area contributed by atoms with Gasteiger partial charge in [-0.05, 0) is 37.2 Å². The van der Waals surface area contributed by atoms with E-state index in [2.05, 4.69) is 36.3 Å². The summed E-state index contributed by atoms with van der Waals surface area (Å²) < 4.78 is 10.3. The van der Waals surface area contributed by atoms with Crippen molar-refractivity contribution >= 4 is 53.0 Å². The molecule has 0 fully saturated rings. The Morgan fingerprint density at radius 3 is 1.88 bits per heavy atom. The van der Waals surface area contributed by atoms with Crippen LogP contribution in [0.5, 0.6) is 0 Å². The van der Waals surface area contributed by atoms with Crippen molar-refractivity contribution in [3.63, 3.8) is 0 Å². The summed E-state index contributed by atoms with van der Waals surface area (Å²) in [5, 5.41) is 13.4. The van der Waals surface area contributed by atoms with Crippen LogP contribution in [0.1, 0.15) is 29.7 Å². The van der Waals surface area contributed by atoms with Crippen molar-refractivity contribution in [2.75, 3.05) is 26.2 Å². The number of amides is 2. The van der Waals surface area contributed by atoms with Crippen LogP contribution in [0.25, 0.3) is 0 Å². The van der Waals surface area contributed by atoms with Gasteiger partial charge in [-0.15, -0.1) is 0 Å². The Morgan fingerprint density at radius 2 is 1.35 bits per heavy atom. The monoisotopic (exact) mass is 700 g/mol. The summed E-state index contributed by atoms with van der Waals surface area (Å²) in [5.74, 6) is 0. The largest absolute Gasteiger partial charge is 0.444 e. The third-order valence-corrected chi connectivity index (χ3v) is 6.20. The van der Waals surface area contributed by atoms with Gasteiger partial charge in [0.2, 0.25) is 0 Å². The number of hydrogen-bond donors (Lipinski definition) is 8. The minimum absolute atomic E-state index is 0.0348. The average Bonchev–Trinajstić information content (AvgIpc) is 3.69. The van der Waals surface area contributed by atoms with Crippen LogP contribution >= 0.6 is 0 Å². The molecule has 2 aromatic carbocycles. The SMILES string of the molecule is NCC(N)CCN[B]C=O.O=C[B]NCC/C(=C/NC(=O)OCc1ccccc1)NC(=O)OCc1ccccc1.O=C[B]NCCc1cnc[nH]1. The number of carbonyl (C=O) groups excluding carboxylic acids is 5. The normalized spacial score (nSPS) is 10.7. The van der Waals surface area contributed by atoms with Crippen LogP contribution in [0, 0.1) is 0 Å². The number of nitrogens with one attached hydrogen (secondary N) is 6. The average molecular weight is 700 g/mol. The predicted octanol–water partition coefficient (Wildman–Crippen LogP) is -0.118. The second-order valence-corrected chi connectivity index (χ2v) is 10.2. The number of hydrogen-bond acceptors (Lipinski definition) is 13. The molecule has 1 heterocycles. The molecule has 0 aliphatic carbocycles. The summed E-state index contributed by atoms with van der Waals surface area (Å²) in [5.41, 5.74) is 13.9. The molecule has 1 unspecified atom stereocenters. The van der Waals surface area contributed by atoms with Crippen LogP contribution < -0.4 is 37.8 Å². The number of carbonyl (C=O) groups is 5. The summed E-state index contributed by atoms with van der Waals surface area (Å²) >= 11 is 0. The molecule has 19 heteroatoms. The number of aromatic nitrogens is 2. The standard InChI is InChI=1S/C21H23BN3O5.C6H9BN3O.C5H13BN3O/c26-16-22-24-12-11-19(25-21(28)30-15-18-9-5-2-6-10-18)13-23-20(27)29-14-17-7-3-1-4-8-17;11-4-7-10-2-1-6-3-8-5-9-6;7-3-5(8)1-2-9-6-4-10/h1-10,13,16,24H,11-12,14-15H2,(H,23,27)(H,25,28);3-5,10H,1-2H2,(H,8,9);4-5,9H,1-3,7-8H2/b19-13-;;. The molecule has 3 radical (unpaired) electrons. The molecule has 51 heavy (non-hydrogen) atoms. The van der Waals surface area contributed by atoms with Gasteiger partial charge in [0.25, 0.3) is 22.2 Å². The molecule has 0 aliphatic rings. The summed E-state index contributed by atoms with van der Waals surface area (Å²) in [6.45, 7) is 2.55. The summed E-state index contributed by atoms with van der Waals surface area (Å²) in [6, 6.07) is 18.5. The van der Waals surface area contributed by atoms with Gasteiger partial charge in [-0.25, -0.2) is 14.6 Å². The highest BCUT2D eigenvalue weighted by Gasteiger charge is 2.08. The molecule has 3 aromatic rings. The van der Waals surface area contributed by atoms with Crippen molar-refractivity contribution in [3.05, 3.63) is 102 Å². The fourth-order valence-electron chi connectivity index (χ4n) is 3.59. The lowest BCUT2D eigenvalue weighted by molar-refractivity contribution is 0.140. The first kappa shape index (κ1) is 44.0. The van der Waals surface area contributed by atoms with Gasteiger partial charge in [0.05, 0.1) is 24.9 Å². The van der Waals surface area contributed by atoms with Crippen molar-refractivity contribution in [1.82, 2.24) is 36.3 Å². The lowest BCUT2D eigenvalue weighted by Gasteiger charge is -2.12. The van der Waals surface area contributed by atoms with Gasteiger partial charge in [0, 0.05) is 49.2 Å². The second kappa shape index (κ2) is 31.0. The number of H-pyrrole nitrogens is 1. The number of ether oxygens (including phenoxy) is 2. The van der Waals surface area contributed by atoms with E-state index in [1.54, 1.807) is 12.5 Å². The number of imidazole rings is 1. The van der Waals surface area contributed by atoms with Gasteiger partial charge >= 0.3 is 12.2 Å². The first-order chi connectivity index (χ1) is 24.9. The van der Waals surface area contributed by atoms with E-state index < -0.39 is 12.2 Å². The predicted molar refractivity (Wildman–Crippen MR) is 198 cm³/mol. The Kier molecular flexibility index (Phi) is 26.7. The third-order valence-electron chi connectivity index (χ3n) is 6.20. The van der Waals surface area contributed by atoms with Crippen LogP contribution in [0.3, 0.4) is 0 Å². The Bertz CT molecular complexity index is 1380. The smallest absolute Gasteiger partial charge is 0.411 e. The number of alkyl carbamates (subject to hydrolysis) is 2. The van der Waals surface area contributed by atoms with E-state index >= 15 is 0 Å². The summed E-state index contributed by atoms with van der Waals surface area (Å²) in [4.78, 5) is 60.7. The fourth-order valence-corrected chi connectivity index (χ4v) is 3.59. The quantitative estimate of drug-likeness (QED) is 0.0388. The lowest BCUT2D eigenvalue weighted by atomic mass is 9.98. The van der Waals surface area contributed by atoms with Gasteiger partial charge in [-0.1, -0.05) is 60.7 Å². The Balaban J connectivity index is 0.000000503. The van der Waals surface area contributed by atoms with E-state index in [0.717, 1.165) is 42.4 Å². The van der Waals surface area contributed by atoms with Crippen molar-refractivity contribution in [2.45, 2.75) is 38.5 Å². The van der Waals surface area contributed by atoms with Gasteiger partial charge in [-0.2, -0.15) is 0 Å². The molecule has 1 atom stereocenters. The van der Waals surface area contributed by atoms with E-state index in [1.165, 1.54) is 28.4 Å². The third kappa shape index (κ3) is 25.6. The molecule has 1 aromatic heterocycles. The highest BCUT2D eigenvalue weighted by atomic mass is 16.6. The van der Waals surface area contributed by atoms with Crippen molar-refractivity contribution in [3.8, 4) is 0 Å².